The van der Waals surface area contributed by atoms with Crippen LogP contribution in [-0.4, -0.2) is 29.2 Å². The summed E-state index contributed by atoms with van der Waals surface area (Å²) in [5, 5.41) is 0. The van der Waals surface area contributed by atoms with E-state index in [9.17, 15) is 0 Å². The third-order valence-electron chi connectivity index (χ3n) is 5.21. The topological polar surface area (TPSA) is 0 Å². The first-order valence-corrected chi connectivity index (χ1v) is 6.62. The van der Waals surface area contributed by atoms with Crippen molar-refractivity contribution in [1.82, 2.24) is 0 Å². The first-order chi connectivity index (χ1) is 6.77. The molecular weight excluding hydrogens is 182 g/mol. The number of unbranched alkanes of at least 4 members (excludes halogenated alkanes) is 1. The first-order valence-electron chi connectivity index (χ1n) is 6.62. The van der Waals surface area contributed by atoms with Crippen molar-refractivity contribution in [2.75, 3.05) is 13.6 Å². The summed E-state index contributed by atoms with van der Waals surface area (Å²) < 4.78 is 1.26. The van der Waals surface area contributed by atoms with Gasteiger partial charge in [0.05, 0.1) is 24.7 Å². The summed E-state index contributed by atoms with van der Waals surface area (Å²) in [5.41, 5.74) is 0.911. The Morgan fingerprint density at radius 1 is 1.00 bits per heavy atom. The molecule has 15 heavy (non-hydrogen) atoms. The van der Waals surface area contributed by atoms with E-state index >= 15 is 0 Å². The van der Waals surface area contributed by atoms with E-state index in [1.807, 2.05) is 0 Å². The maximum Gasteiger partial charge on any atom is 0.0937 e. The molecule has 1 heterocycles. The lowest BCUT2D eigenvalue weighted by Gasteiger charge is -2.60. The summed E-state index contributed by atoms with van der Waals surface area (Å²) in [6.45, 7) is 13.5. The molecule has 0 aliphatic carbocycles. The maximum absolute atomic E-state index is 2.48. The molecule has 0 aromatic carbocycles. The van der Waals surface area contributed by atoms with Gasteiger partial charge in [-0.3, -0.25) is 0 Å². The fourth-order valence-corrected chi connectivity index (χ4v) is 3.35. The fourth-order valence-electron chi connectivity index (χ4n) is 3.35. The van der Waals surface area contributed by atoms with Gasteiger partial charge >= 0.3 is 0 Å². The van der Waals surface area contributed by atoms with Crippen molar-refractivity contribution in [3.63, 3.8) is 0 Å². The number of nitrogens with zero attached hydrogens (tertiary/aromatic N) is 1. The smallest absolute Gasteiger partial charge is 0.0937 e. The molecule has 0 aromatic heterocycles. The molecule has 90 valence electrons. The van der Waals surface area contributed by atoms with E-state index in [2.05, 4.69) is 41.7 Å². The molecule has 0 amide bonds. The van der Waals surface area contributed by atoms with Crippen LogP contribution in [0.2, 0.25) is 0 Å². The molecule has 0 aromatic rings. The third kappa shape index (κ3) is 2.08. The molecule has 1 heteroatoms. The van der Waals surface area contributed by atoms with Crippen molar-refractivity contribution in [3.05, 3.63) is 0 Å². The van der Waals surface area contributed by atoms with Crippen LogP contribution in [0, 0.1) is 0 Å². The predicted octanol–water partition coefficient (Wildman–Crippen LogP) is 3.97. The number of piperidine rings is 1. The van der Waals surface area contributed by atoms with Gasteiger partial charge in [0.1, 0.15) is 0 Å². The zero-order chi connectivity index (χ0) is 11.7. The third-order valence-corrected chi connectivity index (χ3v) is 5.21. The average Bonchev–Trinajstić information content (AvgIpc) is 2.11. The number of likely N-dealkylation sites (tertiary alicyclic amines) is 1. The molecule has 0 bridgehead atoms. The summed E-state index contributed by atoms with van der Waals surface area (Å²) in [6.07, 6.45) is 6.86. The van der Waals surface area contributed by atoms with Crippen LogP contribution in [0.25, 0.3) is 0 Å². The van der Waals surface area contributed by atoms with Crippen LogP contribution in [0.1, 0.15) is 66.7 Å². The molecule has 1 aliphatic heterocycles. The lowest BCUT2D eigenvalue weighted by atomic mass is 9.76. The Morgan fingerprint density at radius 2 is 1.47 bits per heavy atom. The molecule has 0 atom stereocenters. The van der Waals surface area contributed by atoms with Crippen molar-refractivity contribution in [3.8, 4) is 0 Å². The van der Waals surface area contributed by atoms with Crippen molar-refractivity contribution in [2.24, 2.45) is 0 Å². The normalized spacial score (nSPS) is 27.6. The summed E-state index contributed by atoms with van der Waals surface area (Å²) >= 11 is 0. The van der Waals surface area contributed by atoms with E-state index in [1.165, 1.54) is 43.1 Å². The molecule has 1 aliphatic rings. The molecule has 0 saturated carbocycles. The highest BCUT2D eigenvalue weighted by molar-refractivity contribution is 4.85. The first kappa shape index (κ1) is 13.0. The van der Waals surface area contributed by atoms with E-state index in [-0.39, 0.29) is 0 Å². The minimum atomic E-state index is 0.455. The van der Waals surface area contributed by atoms with E-state index in [0.717, 1.165) is 0 Å². The highest BCUT2D eigenvalue weighted by Gasteiger charge is 2.52. The second-order valence-corrected chi connectivity index (χ2v) is 6.75. The molecule has 0 N–H and O–H groups in total. The molecule has 0 spiro atoms. The van der Waals surface area contributed by atoms with Crippen LogP contribution in [0.15, 0.2) is 0 Å². The largest absolute Gasteiger partial charge is 0.317 e. The second kappa shape index (κ2) is 4.08. The molecule has 0 unspecified atom stereocenters. The van der Waals surface area contributed by atoms with Crippen LogP contribution in [-0.2, 0) is 0 Å². The van der Waals surface area contributed by atoms with E-state index in [1.54, 1.807) is 0 Å². The number of hydrogen-bond acceptors (Lipinski definition) is 0. The summed E-state index contributed by atoms with van der Waals surface area (Å²) in [4.78, 5) is 0. The highest BCUT2D eigenvalue weighted by atomic mass is 15.4. The van der Waals surface area contributed by atoms with Gasteiger partial charge in [0.2, 0.25) is 0 Å². The lowest BCUT2D eigenvalue weighted by molar-refractivity contribution is -1.00. The standard InChI is InChI=1S/C14H30N/c1-7-8-12-15(6)13(2,3)10-9-11-14(15,4)5/h7-12H2,1-6H3/q+1. The van der Waals surface area contributed by atoms with Gasteiger partial charge < -0.3 is 4.48 Å². The average molecular weight is 212 g/mol. The molecule has 1 saturated heterocycles. The number of rotatable bonds is 3. The summed E-state index contributed by atoms with van der Waals surface area (Å²) in [7, 11) is 2.48. The highest BCUT2D eigenvalue weighted by Crippen LogP contribution is 2.44. The van der Waals surface area contributed by atoms with E-state index in [4.69, 9.17) is 0 Å². The van der Waals surface area contributed by atoms with Gasteiger partial charge in [0.25, 0.3) is 0 Å². The minimum absolute atomic E-state index is 0.455. The molecular formula is C14H30N+. The van der Waals surface area contributed by atoms with Gasteiger partial charge in [-0.2, -0.15) is 0 Å². The van der Waals surface area contributed by atoms with Crippen molar-refractivity contribution < 1.29 is 4.48 Å². The van der Waals surface area contributed by atoms with Crippen LogP contribution in [0.3, 0.4) is 0 Å². The zero-order valence-corrected chi connectivity index (χ0v) is 11.7. The zero-order valence-electron chi connectivity index (χ0n) is 11.7. The molecule has 1 nitrogen and oxygen atoms in total. The SMILES string of the molecule is CCCC[N+]1(C)C(C)(C)CCCC1(C)C. The summed E-state index contributed by atoms with van der Waals surface area (Å²) in [6, 6.07) is 0. The Balaban J connectivity index is 2.93. The van der Waals surface area contributed by atoms with Gasteiger partial charge in [0, 0.05) is 12.8 Å². The summed E-state index contributed by atoms with van der Waals surface area (Å²) in [5.74, 6) is 0. The van der Waals surface area contributed by atoms with Crippen molar-refractivity contribution in [2.45, 2.75) is 77.8 Å². The van der Waals surface area contributed by atoms with Crippen LogP contribution >= 0.6 is 0 Å². The van der Waals surface area contributed by atoms with Crippen LogP contribution in [0.5, 0.6) is 0 Å². The van der Waals surface area contributed by atoms with Gasteiger partial charge in [-0.15, -0.1) is 0 Å². The predicted molar refractivity (Wildman–Crippen MR) is 68.0 cm³/mol. The number of hydrogen-bond donors (Lipinski definition) is 0. The maximum atomic E-state index is 2.48. The van der Waals surface area contributed by atoms with Gasteiger partial charge in [-0.25, -0.2) is 0 Å². The quantitative estimate of drug-likeness (QED) is 0.621. The Morgan fingerprint density at radius 3 is 1.87 bits per heavy atom. The lowest BCUT2D eigenvalue weighted by Crippen LogP contribution is -2.71. The Hall–Kier alpha value is -0.0400. The Bertz CT molecular complexity index is 199. The van der Waals surface area contributed by atoms with Crippen molar-refractivity contribution >= 4 is 0 Å². The Labute approximate surface area is 96.4 Å². The Kier molecular flexibility index (Phi) is 3.55. The number of quaternary nitrogens is 1. The molecule has 0 radical (unpaired) electrons. The van der Waals surface area contributed by atoms with Crippen molar-refractivity contribution in [1.29, 1.82) is 0 Å². The van der Waals surface area contributed by atoms with Crippen LogP contribution in [0.4, 0.5) is 0 Å². The molecule has 1 rings (SSSR count). The van der Waals surface area contributed by atoms with E-state index in [0.29, 0.717) is 11.1 Å². The second-order valence-electron chi connectivity index (χ2n) is 6.75. The van der Waals surface area contributed by atoms with Crippen LogP contribution < -0.4 is 0 Å². The van der Waals surface area contributed by atoms with E-state index < -0.39 is 0 Å². The van der Waals surface area contributed by atoms with Gasteiger partial charge in [-0.05, 0) is 40.5 Å². The van der Waals surface area contributed by atoms with Gasteiger partial charge in [0.15, 0.2) is 0 Å². The minimum Gasteiger partial charge on any atom is -0.317 e. The molecule has 1 fully saturated rings. The van der Waals surface area contributed by atoms with Gasteiger partial charge in [-0.1, -0.05) is 13.3 Å². The monoisotopic (exact) mass is 212 g/mol. The fraction of sp³-hybridized carbons (Fsp3) is 1.00.